The van der Waals surface area contributed by atoms with Crippen LogP contribution in [-0.2, 0) is 4.79 Å². The molecular weight excluding hydrogens is 202 g/mol. The lowest BCUT2D eigenvalue weighted by atomic mass is 10.0. The summed E-state index contributed by atoms with van der Waals surface area (Å²) in [6, 6.07) is -0.476. The highest BCUT2D eigenvalue weighted by Gasteiger charge is 2.15. The van der Waals surface area contributed by atoms with Gasteiger partial charge in [0.2, 0.25) is 5.91 Å². The molecule has 0 saturated heterocycles. The summed E-state index contributed by atoms with van der Waals surface area (Å²) in [5.74, 6) is 0.425. The predicted molar refractivity (Wildman–Crippen MR) is 67.6 cm³/mol. The van der Waals surface area contributed by atoms with Crippen LogP contribution in [0.1, 0.15) is 39.5 Å². The van der Waals surface area contributed by atoms with Crippen LogP contribution in [-0.4, -0.2) is 24.5 Å². The fraction of sp³-hybridized carbons (Fsp3) is 0.833. The van der Waals surface area contributed by atoms with Gasteiger partial charge >= 0.3 is 0 Å². The molecular formula is C12H26N3O. The average molecular weight is 228 g/mol. The Morgan fingerprint density at radius 3 is 2.50 bits per heavy atom. The molecule has 0 bridgehead atoms. The number of hydrogen-bond donors (Lipinski definition) is 3. The number of amides is 1. The lowest BCUT2D eigenvalue weighted by Crippen LogP contribution is -2.44. The average Bonchev–Trinajstić information content (AvgIpc) is 2.16. The smallest absolute Gasteiger partial charge is 0.237 e. The Hall–Kier alpha value is -0.610. The van der Waals surface area contributed by atoms with Crippen LogP contribution in [0.25, 0.3) is 0 Å². The van der Waals surface area contributed by atoms with Gasteiger partial charge in [0.1, 0.15) is 0 Å². The Morgan fingerprint density at radius 1 is 1.38 bits per heavy atom. The van der Waals surface area contributed by atoms with E-state index in [0.29, 0.717) is 18.9 Å². The quantitative estimate of drug-likeness (QED) is 0.538. The van der Waals surface area contributed by atoms with Gasteiger partial charge in [-0.25, -0.2) is 0 Å². The zero-order chi connectivity index (χ0) is 12.6. The van der Waals surface area contributed by atoms with Gasteiger partial charge in [-0.2, -0.15) is 0 Å². The van der Waals surface area contributed by atoms with Gasteiger partial charge in [0.25, 0.3) is 0 Å². The van der Waals surface area contributed by atoms with Crippen molar-refractivity contribution in [2.75, 3.05) is 6.54 Å². The molecule has 4 nitrogen and oxygen atoms in total. The summed E-state index contributed by atoms with van der Waals surface area (Å²) in [5, 5.41) is 2.83. The van der Waals surface area contributed by atoms with Crippen LogP contribution in [0.2, 0.25) is 0 Å². The van der Waals surface area contributed by atoms with Crippen molar-refractivity contribution in [3.05, 3.63) is 6.92 Å². The van der Waals surface area contributed by atoms with Gasteiger partial charge in [-0.1, -0.05) is 20.3 Å². The molecule has 0 heterocycles. The third-order valence-corrected chi connectivity index (χ3v) is 2.41. The second-order valence-corrected chi connectivity index (χ2v) is 4.73. The second-order valence-electron chi connectivity index (χ2n) is 4.73. The Balaban J connectivity index is 3.77. The summed E-state index contributed by atoms with van der Waals surface area (Å²) in [6.45, 7) is 8.75. The number of carbonyl (C=O) groups excluding carboxylic acids is 1. The number of carbonyl (C=O) groups is 1. The summed E-state index contributed by atoms with van der Waals surface area (Å²) in [5.41, 5.74) is 11.1. The lowest BCUT2D eigenvalue weighted by Gasteiger charge is -2.18. The zero-order valence-electron chi connectivity index (χ0n) is 10.5. The van der Waals surface area contributed by atoms with Crippen LogP contribution in [0.3, 0.4) is 0 Å². The lowest BCUT2D eigenvalue weighted by molar-refractivity contribution is -0.123. The van der Waals surface area contributed by atoms with E-state index >= 15 is 0 Å². The van der Waals surface area contributed by atoms with Crippen LogP contribution in [0, 0.1) is 12.8 Å². The minimum Gasteiger partial charge on any atom is -0.352 e. The summed E-state index contributed by atoms with van der Waals surface area (Å²) in [6.07, 6.45) is 3.39. The van der Waals surface area contributed by atoms with E-state index in [9.17, 15) is 4.79 Å². The number of nitrogens with two attached hydrogens (primary N) is 2. The molecule has 0 aliphatic heterocycles. The van der Waals surface area contributed by atoms with Gasteiger partial charge in [-0.15, -0.1) is 0 Å². The van der Waals surface area contributed by atoms with E-state index in [2.05, 4.69) is 26.1 Å². The summed E-state index contributed by atoms with van der Waals surface area (Å²) in [7, 11) is 0. The first kappa shape index (κ1) is 15.4. The first-order valence-corrected chi connectivity index (χ1v) is 6.06. The Bertz CT molecular complexity index is 195. The molecule has 5 N–H and O–H groups in total. The first-order valence-electron chi connectivity index (χ1n) is 6.06. The molecule has 0 fully saturated rings. The van der Waals surface area contributed by atoms with Crippen molar-refractivity contribution in [2.45, 2.75) is 51.6 Å². The molecule has 0 aliphatic rings. The third kappa shape index (κ3) is 7.65. The van der Waals surface area contributed by atoms with Crippen LogP contribution in [0.4, 0.5) is 0 Å². The maximum absolute atomic E-state index is 11.6. The number of hydrogen-bond acceptors (Lipinski definition) is 3. The maximum atomic E-state index is 11.6. The SMILES string of the molecule is [CH2]C(CC(C)C)NC(=O)C(N)CCCCN. The number of unbranched alkanes of at least 4 members (excludes halogenated alkanes) is 1. The van der Waals surface area contributed by atoms with Crippen LogP contribution < -0.4 is 16.8 Å². The topological polar surface area (TPSA) is 81.1 Å². The molecule has 16 heavy (non-hydrogen) atoms. The van der Waals surface area contributed by atoms with Crippen molar-refractivity contribution >= 4 is 5.91 Å². The van der Waals surface area contributed by atoms with Crippen LogP contribution in [0.5, 0.6) is 0 Å². The fourth-order valence-electron chi connectivity index (χ4n) is 1.58. The number of nitrogens with one attached hydrogen (secondary N) is 1. The van der Waals surface area contributed by atoms with Crippen LogP contribution in [0.15, 0.2) is 0 Å². The van der Waals surface area contributed by atoms with E-state index in [1.807, 2.05) is 0 Å². The Labute approximate surface area is 99.1 Å². The van der Waals surface area contributed by atoms with Gasteiger partial charge < -0.3 is 16.8 Å². The summed E-state index contributed by atoms with van der Waals surface area (Å²) in [4.78, 5) is 11.6. The van der Waals surface area contributed by atoms with Crippen molar-refractivity contribution < 1.29 is 4.79 Å². The van der Waals surface area contributed by atoms with Crippen molar-refractivity contribution in [1.29, 1.82) is 0 Å². The summed E-state index contributed by atoms with van der Waals surface area (Å²) < 4.78 is 0. The molecule has 0 spiro atoms. The molecule has 1 amide bonds. The highest BCUT2D eigenvalue weighted by Crippen LogP contribution is 2.04. The van der Waals surface area contributed by atoms with Crippen molar-refractivity contribution in [2.24, 2.45) is 17.4 Å². The largest absolute Gasteiger partial charge is 0.352 e. The minimum absolute atomic E-state index is 0.0481. The van der Waals surface area contributed by atoms with E-state index in [1.165, 1.54) is 0 Å². The molecule has 0 saturated carbocycles. The summed E-state index contributed by atoms with van der Waals surface area (Å²) >= 11 is 0. The molecule has 0 aromatic carbocycles. The van der Waals surface area contributed by atoms with Gasteiger partial charge in [0.05, 0.1) is 6.04 Å². The van der Waals surface area contributed by atoms with E-state index in [4.69, 9.17) is 11.5 Å². The van der Waals surface area contributed by atoms with Gasteiger partial charge in [0, 0.05) is 6.04 Å². The van der Waals surface area contributed by atoms with Gasteiger partial charge in [0.15, 0.2) is 0 Å². The van der Waals surface area contributed by atoms with E-state index in [0.717, 1.165) is 19.3 Å². The molecule has 4 heteroatoms. The minimum atomic E-state index is -0.428. The van der Waals surface area contributed by atoms with Gasteiger partial charge in [-0.05, 0) is 38.6 Å². The van der Waals surface area contributed by atoms with Crippen LogP contribution >= 0.6 is 0 Å². The predicted octanol–water partition coefficient (Wildman–Crippen LogP) is 0.808. The van der Waals surface area contributed by atoms with Crippen molar-refractivity contribution in [3.63, 3.8) is 0 Å². The van der Waals surface area contributed by atoms with Crippen molar-refractivity contribution in [3.8, 4) is 0 Å². The second kappa shape index (κ2) is 8.53. The molecule has 2 unspecified atom stereocenters. The Kier molecular flexibility index (Phi) is 8.21. The van der Waals surface area contributed by atoms with E-state index in [-0.39, 0.29) is 11.9 Å². The number of rotatable bonds is 8. The molecule has 95 valence electrons. The fourth-order valence-corrected chi connectivity index (χ4v) is 1.58. The first-order chi connectivity index (χ1) is 7.47. The van der Waals surface area contributed by atoms with Gasteiger partial charge in [-0.3, -0.25) is 4.79 Å². The third-order valence-electron chi connectivity index (χ3n) is 2.41. The zero-order valence-corrected chi connectivity index (χ0v) is 10.5. The Morgan fingerprint density at radius 2 is 2.00 bits per heavy atom. The highest BCUT2D eigenvalue weighted by molar-refractivity contribution is 5.81. The van der Waals surface area contributed by atoms with E-state index < -0.39 is 6.04 Å². The standard InChI is InChI=1S/C12H26N3O/c1-9(2)8-10(3)15-12(16)11(14)6-4-5-7-13/h9-11H,3-8,13-14H2,1-2H3,(H,15,16). The molecule has 1 radical (unpaired) electrons. The van der Waals surface area contributed by atoms with Crippen molar-refractivity contribution in [1.82, 2.24) is 5.32 Å². The molecule has 0 rings (SSSR count). The van der Waals surface area contributed by atoms with E-state index in [1.54, 1.807) is 0 Å². The monoisotopic (exact) mass is 228 g/mol. The molecule has 2 atom stereocenters. The molecule has 0 aliphatic carbocycles. The normalized spacial score (nSPS) is 14.9. The maximum Gasteiger partial charge on any atom is 0.237 e. The molecule has 0 aromatic heterocycles. The molecule has 0 aromatic rings. The highest BCUT2D eigenvalue weighted by atomic mass is 16.2.